The second-order valence-electron chi connectivity index (χ2n) is 5.19. The fraction of sp³-hybridized carbons (Fsp3) is 0.818. The summed E-state index contributed by atoms with van der Waals surface area (Å²) in [6, 6.07) is -0.721. The van der Waals surface area contributed by atoms with E-state index in [1.165, 1.54) is 16.7 Å². The van der Waals surface area contributed by atoms with E-state index in [2.05, 4.69) is 0 Å². The van der Waals surface area contributed by atoms with Crippen LogP contribution in [-0.2, 0) is 9.59 Å². The Hall–Kier alpha value is -0.750. The number of carbonyl (C=O) groups is 2. The second-order valence-corrected chi connectivity index (χ2v) is 6.34. The Morgan fingerprint density at radius 3 is 2.47 bits per heavy atom. The Labute approximate surface area is 105 Å². The SMILES string of the molecule is CC(C)C1SCC(C(=O)O)N1C(=O)C1(N)CC1. The lowest BCUT2D eigenvalue weighted by atomic mass is 10.1. The Balaban J connectivity index is 2.23. The first-order valence-electron chi connectivity index (χ1n) is 5.83. The van der Waals surface area contributed by atoms with Crippen LogP contribution in [0, 0.1) is 5.92 Å². The van der Waals surface area contributed by atoms with Gasteiger partial charge in [0.25, 0.3) is 0 Å². The van der Waals surface area contributed by atoms with Crippen molar-refractivity contribution in [2.45, 2.75) is 43.6 Å². The molecule has 5 nitrogen and oxygen atoms in total. The van der Waals surface area contributed by atoms with Crippen LogP contribution in [0.3, 0.4) is 0 Å². The number of thioether (sulfide) groups is 1. The third-order valence-corrected chi connectivity index (χ3v) is 4.96. The molecule has 1 heterocycles. The van der Waals surface area contributed by atoms with Gasteiger partial charge in [0.05, 0.1) is 10.9 Å². The lowest BCUT2D eigenvalue weighted by Gasteiger charge is -2.31. The van der Waals surface area contributed by atoms with Gasteiger partial charge in [0.1, 0.15) is 6.04 Å². The van der Waals surface area contributed by atoms with Crippen molar-refractivity contribution in [3.63, 3.8) is 0 Å². The third kappa shape index (κ3) is 2.15. The summed E-state index contributed by atoms with van der Waals surface area (Å²) < 4.78 is 0. The van der Waals surface area contributed by atoms with Gasteiger partial charge in [-0.2, -0.15) is 0 Å². The molecule has 0 aromatic carbocycles. The molecule has 17 heavy (non-hydrogen) atoms. The Morgan fingerprint density at radius 2 is 2.06 bits per heavy atom. The summed E-state index contributed by atoms with van der Waals surface area (Å²) in [6.07, 6.45) is 1.34. The highest BCUT2D eigenvalue weighted by molar-refractivity contribution is 8.00. The molecule has 6 heteroatoms. The van der Waals surface area contributed by atoms with Crippen LogP contribution >= 0.6 is 11.8 Å². The number of carboxylic acids is 1. The van der Waals surface area contributed by atoms with E-state index >= 15 is 0 Å². The van der Waals surface area contributed by atoms with Gasteiger partial charge in [-0.05, 0) is 18.8 Å². The number of hydrogen-bond donors (Lipinski definition) is 2. The van der Waals surface area contributed by atoms with Crippen molar-refractivity contribution in [3.05, 3.63) is 0 Å². The molecule has 2 atom stereocenters. The van der Waals surface area contributed by atoms with Crippen LogP contribution in [-0.4, -0.2) is 44.6 Å². The maximum atomic E-state index is 12.3. The van der Waals surface area contributed by atoms with Crippen molar-refractivity contribution >= 4 is 23.6 Å². The van der Waals surface area contributed by atoms with Crippen molar-refractivity contribution in [2.75, 3.05) is 5.75 Å². The minimum Gasteiger partial charge on any atom is -0.480 e. The van der Waals surface area contributed by atoms with Crippen LogP contribution in [0.25, 0.3) is 0 Å². The number of amides is 1. The van der Waals surface area contributed by atoms with Crippen LogP contribution in [0.1, 0.15) is 26.7 Å². The molecule has 2 fully saturated rings. The lowest BCUT2D eigenvalue weighted by molar-refractivity contribution is -0.150. The van der Waals surface area contributed by atoms with Gasteiger partial charge >= 0.3 is 5.97 Å². The largest absolute Gasteiger partial charge is 0.480 e. The molecule has 0 aromatic heterocycles. The normalized spacial score (nSPS) is 30.7. The van der Waals surface area contributed by atoms with E-state index in [0.717, 1.165) is 0 Å². The molecule has 0 spiro atoms. The molecule has 1 aliphatic carbocycles. The highest BCUT2D eigenvalue weighted by atomic mass is 32.2. The highest BCUT2D eigenvalue weighted by Crippen LogP contribution is 2.41. The van der Waals surface area contributed by atoms with Gasteiger partial charge in [0.15, 0.2) is 0 Å². The van der Waals surface area contributed by atoms with E-state index in [0.29, 0.717) is 18.6 Å². The van der Waals surface area contributed by atoms with E-state index in [4.69, 9.17) is 5.73 Å². The molecule has 96 valence electrons. The van der Waals surface area contributed by atoms with Crippen LogP contribution in [0.2, 0.25) is 0 Å². The molecule has 2 unspecified atom stereocenters. The molecule has 0 aromatic rings. The molecule has 3 N–H and O–H groups in total. The molecule has 0 radical (unpaired) electrons. The summed E-state index contributed by atoms with van der Waals surface area (Å²) in [6.45, 7) is 4.00. The summed E-state index contributed by atoms with van der Waals surface area (Å²) in [7, 11) is 0. The van der Waals surface area contributed by atoms with E-state index < -0.39 is 17.6 Å². The zero-order valence-corrected chi connectivity index (χ0v) is 10.9. The van der Waals surface area contributed by atoms with Crippen LogP contribution < -0.4 is 5.73 Å². The number of nitrogens with two attached hydrogens (primary N) is 1. The van der Waals surface area contributed by atoms with Gasteiger partial charge < -0.3 is 15.7 Å². The number of rotatable bonds is 3. The smallest absolute Gasteiger partial charge is 0.327 e. The average molecular weight is 258 g/mol. The van der Waals surface area contributed by atoms with E-state index in [1.807, 2.05) is 13.8 Å². The van der Waals surface area contributed by atoms with Crippen LogP contribution in [0.15, 0.2) is 0 Å². The molecular weight excluding hydrogens is 240 g/mol. The number of nitrogens with zero attached hydrogens (tertiary/aromatic N) is 1. The Kier molecular flexibility index (Phi) is 3.12. The number of aliphatic carboxylic acids is 1. The Bertz CT molecular complexity index is 355. The fourth-order valence-corrected chi connectivity index (χ4v) is 3.57. The number of carbonyl (C=O) groups excluding carboxylic acids is 1. The molecule has 1 aliphatic heterocycles. The number of carboxylic acid groups (broad SMARTS) is 1. The number of hydrogen-bond acceptors (Lipinski definition) is 4. The average Bonchev–Trinajstić information content (AvgIpc) is 2.82. The molecule has 1 saturated heterocycles. The topological polar surface area (TPSA) is 83.6 Å². The summed E-state index contributed by atoms with van der Waals surface area (Å²) in [5.74, 6) is -0.428. The molecule has 2 aliphatic rings. The van der Waals surface area contributed by atoms with Crippen molar-refractivity contribution in [3.8, 4) is 0 Å². The van der Waals surface area contributed by atoms with Crippen molar-refractivity contribution < 1.29 is 14.7 Å². The molecule has 1 amide bonds. The van der Waals surface area contributed by atoms with E-state index in [-0.39, 0.29) is 17.2 Å². The predicted octanol–water partition coefficient (Wildman–Crippen LogP) is 0.488. The minimum absolute atomic E-state index is 0.0652. The summed E-state index contributed by atoms with van der Waals surface area (Å²) in [5, 5.41) is 9.11. The van der Waals surface area contributed by atoms with E-state index in [1.54, 1.807) is 0 Å². The zero-order valence-electron chi connectivity index (χ0n) is 10.0. The first-order valence-corrected chi connectivity index (χ1v) is 6.88. The monoisotopic (exact) mass is 258 g/mol. The molecule has 2 rings (SSSR count). The highest BCUT2D eigenvalue weighted by Gasteiger charge is 2.54. The van der Waals surface area contributed by atoms with Gasteiger partial charge in [-0.1, -0.05) is 13.8 Å². The van der Waals surface area contributed by atoms with E-state index in [9.17, 15) is 14.7 Å². The zero-order chi connectivity index (χ0) is 12.8. The predicted molar refractivity (Wildman–Crippen MR) is 65.5 cm³/mol. The molecule has 0 bridgehead atoms. The first-order chi connectivity index (χ1) is 7.87. The van der Waals surface area contributed by atoms with Crippen molar-refractivity contribution in [1.29, 1.82) is 0 Å². The van der Waals surface area contributed by atoms with Gasteiger partial charge in [-0.15, -0.1) is 11.8 Å². The summed E-state index contributed by atoms with van der Waals surface area (Å²) in [4.78, 5) is 25.0. The summed E-state index contributed by atoms with van der Waals surface area (Å²) >= 11 is 1.54. The maximum absolute atomic E-state index is 12.3. The van der Waals surface area contributed by atoms with Gasteiger partial charge in [-0.25, -0.2) is 4.79 Å². The van der Waals surface area contributed by atoms with Gasteiger partial charge in [-0.3, -0.25) is 4.79 Å². The van der Waals surface area contributed by atoms with Gasteiger partial charge in [0, 0.05) is 5.75 Å². The fourth-order valence-electron chi connectivity index (χ4n) is 2.09. The third-order valence-electron chi connectivity index (χ3n) is 3.34. The molecule has 1 saturated carbocycles. The van der Waals surface area contributed by atoms with Gasteiger partial charge in [0.2, 0.25) is 5.91 Å². The lowest BCUT2D eigenvalue weighted by Crippen LogP contribution is -2.54. The van der Waals surface area contributed by atoms with Crippen LogP contribution in [0.4, 0.5) is 0 Å². The minimum atomic E-state index is -0.932. The Morgan fingerprint density at radius 1 is 1.47 bits per heavy atom. The van der Waals surface area contributed by atoms with Crippen LogP contribution in [0.5, 0.6) is 0 Å². The maximum Gasteiger partial charge on any atom is 0.327 e. The molecular formula is C11H18N2O3S. The second kappa shape index (κ2) is 4.17. The summed E-state index contributed by atoms with van der Waals surface area (Å²) in [5.41, 5.74) is 5.12. The standard InChI is InChI=1S/C11H18N2O3S/c1-6(2)8-13(7(5-17-8)9(14)15)10(16)11(12)3-4-11/h6-8H,3-5,12H2,1-2H3,(H,14,15). The quantitative estimate of drug-likeness (QED) is 0.769. The van der Waals surface area contributed by atoms with Crippen molar-refractivity contribution in [1.82, 2.24) is 4.90 Å². The van der Waals surface area contributed by atoms with Crippen molar-refractivity contribution in [2.24, 2.45) is 11.7 Å². The first kappa shape index (κ1) is 12.7.